The fourth-order valence-corrected chi connectivity index (χ4v) is 0. The van der Waals surface area contributed by atoms with Gasteiger partial charge in [-0.05, 0) is 0 Å². The molecule has 0 aromatic rings. The fraction of sp³-hybridized carbons (Fsp3) is 0.273. The summed E-state index contributed by atoms with van der Waals surface area (Å²) in [6.07, 6.45) is 6.56. The molecule has 0 saturated heterocycles. The normalized spacial score (nSPS) is 6.42. The number of rotatable bonds is 2. The van der Waals surface area contributed by atoms with Gasteiger partial charge in [-0.3, -0.25) is 0 Å². The van der Waals surface area contributed by atoms with Crippen molar-refractivity contribution in [3.8, 4) is 0 Å². The molecule has 0 spiro atoms. The van der Waals surface area contributed by atoms with Crippen LogP contribution < -0.4 is 0 Å². The predicted octanol–water partition coefficient (Wildman–Crippen LogP) is 4.08. The van der Waals surface area contributed by atoms with Crippen LogP contribution in [0.15, 0.2) is 50.6 Å². The SMILES string of the molecule is C=CC=C.C=CC=C.C[CH](C)[Ir]. The van der Waals surface area contributed by atoms with E-state index in [1.807, 2.05) is 0 Å². The summed E-state index contributed by atoms with van der Waals surface area (Å²) in [5.74, 6) is 0. The maximum absolute atomic E-state index is 3.36. The van der Waals surface area contributed by atoms with E-state index in [0.29, 0.717) is 0 Å². The van der Waals surface area contributed by atoms with E-state index in [0.717, 1.165) is 4.43 Å². The van der Waals surface area contributed by atoms with Crippen molar-refractivity contribution in [1.29, 1.82) is 0 Å². The average Bonchev–Trinajstić information content (AvgIpc) is 2.03. The van der Waals surface area contributed by atoms with Crippen molar-refractivity contribution in [3.63, 3.8) is 0 Å². The molecule has 0 radical (unpaired) electrons. The second-order valence-corrected chi connectivity index (χ2v) is 4.67. The first-order chi connectivity index (χ1) is 5.56. The standard InChI is InChI=1S/2C4H6.C3H7.Ir/c2*1-3-4-2;1-3-2;/h2*3-4H,1-2H2;3H,1-2H3;. The summed E-state index contributed by atoms with van der Waals surface area (Å²) < 4.78 is 0.833. The van der Waals surface area contributed by atoms with E-state index in [-0.39, 0.29) is 0 Å². The summed E-state index contributed by atoms with van der Waals surface area (Å²) in [6, 6.07) is 0. The van der Waals surface area contributed by atoms with Crippen molar-refractivity contribution < 1.29 is 18.9 Å². The summed E-state index contributed by atoms with van der Waals surface area (Å²) in [5.41, 5.74) is 0. The molecule has 0 saturated carbocycles. The quantitative estimate of drug-likeness (QED) is 0.663. The van der Waals surface area contributed by atoms with Gasteiger partial charge in [0.05, 0.1) is 0 Å². The van der Waals surface area contributed by atoms with Gasteiger partial charge in [0.15, 0.2) is 0 Å². The predicted molar refractivity (Wildman–Crippen MR) is 55.9 cm³/mol. The molecule has 0 nitrogen and oxygen atoms in total. The fourth-order valence-electron chi connectivity index (χ4n) is 0. The van der Waals surface area contributed by atoms with E-state index in [1.165, 1.54) is 0 Å². The van der Waals surface area contributed by atoms with Gasteiger partial charge in [-0.25, -0.2) is 0 Å². The van der Waals surface area contributed by atoms with Crippen LogP contribution in [-0.4, -0.2) is 0 Å². The first kappa shape index (κ1) is 17.6. The molecule has 0 heterocycles. The van der Waals surface area contributed by atoms with Gasteiger partial charge in [0.25, 0.3) is 0 Å². The van der Waals surface area contributed by atoms with Gasteiger partial charge in [0, 0.05) is 0 Å². The number of hydrogen-bond acceptors (Lipinski definition) is 0. The Balaban J connectivity index is -0.000000101. The molecule has 0 aliphatic carbocycles. The molecule has 0 atom stereocenters. The second kappa shape index (κ2) is 22.4. The van der Waals surface area contributed by atoms with E-state index in [9.17, 15) is 0 Å². The van der Waals surface area contributed by atoms with Crippen molar-refractivity contribution >= 4 is 0 Å². The van der Waals surface area contributed by atoms with Crippen LogP contribution in [0.2, 0.25) is 4.43 Å². The molecule has 0 aliphatic heterocycles. The van der Waals surface area contributed by atoms with E-state index in [4.69, 9.17) is 0 Å². The maximum atomic E-state index is 3.36. The van der Waals surface area contributed by atoms with E-state index >= 15 is 0 Å². The molecular formula is C11H19Ir. The third kappa shape index (κ3) is 275. The molecule has 0 fully saturated rings. The zero-order valence-corrected chi connectivity index (χ0v) is 10.4. The minimum atomic E-state index is 0.833. The molecule has 0 unspecified atom stereocenters. The topological polar surface area (TPSA) is 0 Å². The Bertz CT molecular complexity index is 85.4. The molecule has 12 heavy (non-hydrogen) atoms. The van der Waals surface area contributed by atoms with Gasteiger partial charge >= 0.3 is 37.2 Å². The molecule has 0 rings (SSSR count). The molecule has 1 heteroatoms. The third-order valence-corrected chi connectivity index (χ3v) is 0.333. The Morgan fingerprint density at radius 3 is 0.917 bits per heavy atom. The molecule has 0 amide bonds. The van der Waals surface area contributed by atoms with Crippen LogP contribution in [0.3, 0.4) is 0 Å². The minimum absolute atomic E-state index is 0.833. The van der Waals surface area contributed by atoms with Crippen molar-refractivity contribution in [2.75, 3.05) is 0 Å². The first-order valence-corrected chi connectivity index (χ1v) is 5.03. The Morgan fingerprint density at radius 1 is 0.833 bits per heavy atom. The Kier molecular flexibility index (Phi) is 32.9. The van der Waals surface area contributed by atoms with Gasteiger partial charge in [-0.2, -0.15) is 0 Å². The van der Waals surface area contributed by atoms with E-state index in [2.05, 4.69) is 59.1 Å². The molecular weight excluding hydrogens is 324 g/mol. The Labute approximate surface area is 87.9 Å². The van der Waals surface area contributed by atoms with Gasteiger partial charge < -0.3 is 0 Å². The zero-order valence-electron chi connectivity index (χ0n) is 8.05. The first-order valence-electron chi connectivity index (χ1n) is 3.65. The summed E-state index contributed by atoms with van der Waals surface area (Å²) in [7, 11) is 0. The molecule has 0 bridgehead atoms. The van der Waals surface area contributed by atoms with E-state index < -0.39 is 0 Å². The van der Waals surface area contributed by atoms with Crippen molar-refractivity contribution in [2.45, 2.75) is 18.3 Å². The van der Waals surface area contributed by atoms with Crippen LogP contribution in [0.25, 0.3) is 0 Å². The second-order valence-electron chi connectivity index (χ2n) is 1.91. The van der Waals surface area contributed by atoms with Gasteiger partial charge in [0.2, 0.25) is 0 Å². The molecule has 0 aromatic carbocycles. The Morgan fingerprint density at radius 2 is 0.917 bits per heavy atom. The van der Waals surface area contributed by atoms with Crippen LogP contribution >= 0.6 is 0 Å². The van der Waals surface area contributed by atoms with Crippen LogP contribution in [0.1, 0.15) is 13.8 Å². The van der Waals surface area contributed by atoms with Gasteiger partial charge in [-0.1, -0.05) is 50.6 Å². The number of allylic oxidation sites excluding steroid dienone is 4. The van der Waals surface area contributed by atoms with Crippen molar-refractivity contribution in [1.82, 2.24) is 0 Å². The van der Waals surface area contributed by atoms with Crippen LogP contribution in [0.4, 0.5) is 0 Å². The third-order valence-electron chi connectivity index (χ3n) is 0.333. The summed E-state index contributed by atoms with van der Waals surface area (Å²) in [4.78, 5) is 0. The molecule has 0 N–H and O–H groups in total. The monoisotopic (exact) mass is 344 g/mol. The summed E-state index contributed by atoms with van der Waals surface area (Å²) in [5, 5.41) is 0. The zero-order chi connectivity index (χ0) is 10.4. The molecule has 0 aliphatic rings. The van der Waals surface area contributed by atoms with Crippen molar-refractivity contribution in [2.24, 2.45) is 0 Å². The summed E-state index contributed by atoms with van der Waals surface area (Å²) in [6.45, 7) is 17.8. The van der Waals surface area contributed by atoms with Crippen LogP contribution in [-0.2, 0) is 18.9 Å². The number of hydrogen-bond donors (Lipinski definition) is 0. The van der Waals surface area contributed by atoms with Crippen molar-refractivity contribution in [3.05, 3.63) is 50.6 Å². The Hall–Kier alpha value is -0.391. The van der Waals surface area contributed by atoms with Gasteiger partial charge in [-0.15, -0.1) is 0 Å². The molecule has 72 valence electrons. The van der Waals surface area contributed by atoms with Crippen LogP contribution in [0, 0.1) is 0 Å². The van der Waals surface area contributed by atoms with Gasteiger partial charge in [0.1, 0.15) is 0 Å². The average molecular weight is 343 g/mol. The summed E-state index contributed by atoms with van der Waals surface area (Å²) >= 11 is 2.17. The molecule has 0 aromatic heterocycles. The van der Waals surface area contributed by atoms with Crippen LogP contribution in [0.5, 0.6) is 0 Å². The van der Waals surface area contributed by atoms with E-state index in [1.54, 1.807) is 24.3 Å².